The predicted molar refractivity (Wildman–Crippen MR) is 117 cm³/mol. The third-order valence-electron chi connectivity index (χ3n) is 4.21. The zero-order chi connectivity index (χ0) is 20.8. The smallest absolute Gasteiger partial charge is 0.335 e. The maximum Gasteiger partial charge on any atom is 0.335 e. The fourth-order valence-electron chi connectivity index (χ4n) is 2.70. The van der Waals surface area contributed by atoms with Gasteiger partial charge in [-0.05, 0) is 82.0 Å². The molecule has 0 unspecified atom stereocenters. The van der Waals surface area contributed by atoms with Gasteiger partial charge >= 0.3 is 5.97 Å². The molecule has 3 aromatic rings. The number of methoxy groups -OCH3 is 1. The maximum atomic E-state index is 11.1. The van der Waals surface area contributed by atoms with Gasteiger partial charge in [0.1, 0.15) is 6.61 Å². The van der Waals surface area contributed by atoms with E-state index in [1.807, 2.05) is 49.4 Å². The molecule has 0 heterocycles. The Bertz CT molecular complexity index is 1060. The number of carboxylic acids is 1. The number of nitrogens with zero attached hydrogens (tertiary/aromatic N) is 1. The van der Waals surface area contributed by atoms with Gasteiger partial charge in [0.05, 0.1) is 18.4 Å². The van der Waals surface area contributed by atoms with E-state index in [0.29, 0.717) is 11.5 Å². The molecule has 0 aliphatic carbocycles. The molecule has 0 spiro atoms. The van der Waals surface area contributed by atoms with Crippen molar-refractivity contribution in [2.45, 2.75) is 13.5 Å². The van der Waals surface area contributed by atoms with E-state index in [2.05, 4.69) is 20.9 Å². The molecule has 0 fully saturated rings. The van der Waals surface area contributed by atoms with Crippen molar-refractivity contribution in [1.82, 2.24) is 0 Å². The number of ether oxygens (including phenoxy) is 2. The Balaban J connectivity index is 1.74. The second-order valence-corrected chi connectivity index (χ2v) is 7.27. The molecular formula is C23H20BrNO4. The van der Waals surface area contributed by atoms with Crippen LogP contribution in [-0.2, 0) is 6.61 Å². The standard InChI is InChI=1S/C23H20BrNO4/c1-15-6-8-20(19(24)10-15)25-13-16-7-9-21(22(12-16)28-2)29-14-17-4-3-5-18(11-17)23(26)27/h3-13H,14H2,1-2H3,(H,26,27). The van der Waals surface area contributed by atoms with Crippen LogP contribution >= 0.6 is 15.9 Å². The van der Waals surface area contributed by atoms with Crippen LogP contribution in [0.15, 0.2) is 70.1 Å². The van der Waals surface area contributed by atoms with Crippen molar-refractivity contribution in [2.75, 3.05) is 7.11 Å². The minimum absolute atomic E-state index is 0.229. The van der Waals surface area contributed by atoms with E-state index in [4.69, 9.17) is 14.6 Å². The summed E-state index contributed by atoms with van der Waals surface area (Å²) in [6, 6.07) is 18.2. The molecule has 0 aliphatic heterocycles. The normalized spacial score (nSPS) is 10.9. The summed E-state index contributed by atoms with van der Waals surface area (Å²) in [4.78, 5) is 15.6. The molecule has 0 aliphatic rings. The van der Waals surface area contributed by atoms with Crippen molar-refractivity contribution < 1.29 is 19.4 Å². The Kier molecular flexibility index (Phi) is 6.67. The van der Waals surface area contributed by atoms with Gasteiger partial charge in [-0.15, -0.1) is 0 Å². The number of rotatable bonds is 7. The van der Waals surface area contributed by atoms with Crippen molar-refractivity contribution in [1.29, 1.82) is 0 Å². The third-order valence-corrected chi connectivity index (χ3v) is 4.85. The number of aliphatic imine (C=N–C) groups is 1. The zero-order valence-corrected chi connectivity index (χ0v) is 17.6. The van der Waals surface area contributed by atoms with Crippen LogP contribution < -0.4 is 9.47 Å². The highest BCUT2D eigenvalue weighted by Crippen LogP contribution is 2.30. The molecule has 0 saturated heterocycles. The van der Waals surface area contributed by atoms with Gasteiger partial charge in [0.25, 0.3) is 0 Å². The fourth-order valence-corrected chi connectivity index (χ4v) is 3.30. The molecule has 0 radical (unpaired) electrons. The predicted octanol–water partition coefficient (Wildman–Crippen LogP) is 5.79. The minimum atomic E-state index is -0.965. The molecule has 29 heavy (non-hydrogen) atoms. The lowest BCUT2D eigenvalue weighted by molar-refractivity contribution is 0.0696. The van der Waals surface area contributed by atoms with Gasteiger partial charge in [-0.1, -0.05) is 18.2 Å². The second-order valence-electron chi connectivity index (χ2n) is 6.42. The average molecular weight is 454 g/mol. The lowest BCUT2D eigenvalue weighted by Crippen LogP contribution is -2.01. The van der Waals surface area contributed by atoms with Gasteiger partial charge in [-0.3, -0.25) is 4.99 Å². The van der Waals surface area contributed by atoms with Crippen LogP contribution in [0.5, 0.6) is 11.5 Å². The summed E-state index contributed by atoms with van der Waals surface area (Å²) in [5.41, 5.74) is 3.87. The number of aryl methyl sites for hydroxylation is 1. The Morgan fingerprint density at radius 3 is 2.66 bits per heavy atom. The molecule has 3 rings (SSSR count). The Morgan fingerprint density at radius 1 is 1.10 bits per heavy atom. The van der Waals surface area contributed by atoms with Gasteiger partial charge in [0.15, 0.2) is 11.5 Å². The Hall–Kier alpha value is -3.12. The van der Waals surface area contributed by atoms with Crippen molar-refractivity contribution in [2.24, 2.45) is 4.99 Å². The van der Waals surface area contributed by atoms with Gasteiger partial charge in [-0.25, -0.2) is 4.79 Å². The van der Waals surface area contributed by atoms with E-state index in [-0.39, 0.29) is 12.2 Å². The molecule has 0 aromatic heterocycles. The molecule has 0 atom stereocenters. The molecule has 1 N–H and O–H groups in total. The van der Waals surface area contributed by atoms with Crippen LogP contribution in [0.25, 0.3) is 0 Å². The molecule has 148 valence electrons. The van der Waals surface area contributed by atoms with Crippen molar-refractivity contribution in [3.05, 3.63) is 87.4 Å². The summed E-state index contributed by atoms with van der Waals surface area (Å²) >= 11 is 3.52. The van der Waals surface area contributed by atoms with Gasteiger partial charge < -0.3 is 14.6 Å². The quantitative estimate of drug-likeness (QED) is 0.459. The SMILES string of the molecule is COc1cc(C=Nc2ccc(C)cc2Br)ccc1OCc1cccc(C(=O)O)c1. The van der Waals surface area contributed by atoms with Crippen LogP contribution in [-0.4, -0.2) is 24.4 Å². The van der Waals surface area contributed by atoms with E-state index in [0.717, 1.165) is 26.9 Å². The summed E-state index contributed by atoms with van der Waals surface area (Å²) in [5, 5.41) is 9.09. The number of halogens is 1. The average Bonchev–Trinajstić information content (AvgIpc) is 2.72. The van der Waals surface area contributed by atoms with Crippen molar-refractivity contribution in [3.63, 3.8) is 0 Å². The number of aromatic carboxylic acids is 1. The van der Waals surface area contributed by atoms with Crippen molar-refractivity contribution in [3.8, 4) is 11.5 Å². The topological polar surface area (TPSA) is 68.1 Å². The number of carboxylic acid groups (broad SMARTS) is 1. The Morgan fingerprint density at radius 2 is 1.93 bits per heavy atom. The lowest BCUT2D eigenvalue weighted by Gasteiger charge is -2.11. The minimum Gasteiger partial charge on any atom is -0.493 e. The van der Waals surface area contributed by atoms with E-state index >= 15 is 0 Å². The van der Waals surface area contributed by atoms with Crippen LogP contribution in [0.2, 0.25) is 0 Å². The van der Waals surface area contributed by atoms with Gasteiger partial charge in [0, 0.05) is 10.7 Å². The van der Waals surface area contributed by atoms with E-state index < -0.39 is 5.97 Å². The Labute approximate surface area is 177 Å². The molecule has 0 amide bonds. The molecule has 3 aromatic carbocycles. The van der Waals surface area contributed by atoms with E-state index in [9.17, 15) is 4.79 Å². The van der Waals surface area contributed by atoms with Gasteiger partial charge in [0.2, 0.25) is 0 Å². The first kappa shape index (κ1) is 20.6. The first-order valence-electron chi connectivity index (χ1n) is 8.89. The largest absolute Gasteiger partial charge is 0.493 e. The van der Waals surface area contributed by atoms with E-state index in [1.165, 1.54) is 0 Å². The second kappa shape index (κ2) is 9.39. The van der Waals surface area contributed by atoms with E-state index in [1.54, 1.807) is 31.5 Å². The molecule has 5 nitrogen and oxygen atoms in total. The summed E-state index contributed by atoms with van der Waals surface area (Å²) in [6.07, 6.45) is 1.76. The summed E-state index contributed by atoms with van der Waals surface area (Å²) in [5.74, 6) is 0.182. The number of hydrogen-bond acceptors (Lipinski definition) is 4. The molecule has 0 bridgehead atoms. The molecule has 6 heteroatoms. The molecular weight excluding hydrogens is 434 g/mol. The molecule has 0 saturated carbocycles. The monoisotopic (exact) mass is 453 g/mol. The lowest BCUT2D eigenvalue weighted by atomic mass is 10.1. The number of hydrogen-bond donors (Lipinski definition) is 1. The third kappa shape index (κ3) is 5.45. The van der Waals surface area contributed by atoms with Crippen LogP contribution in [0.4, 0.5) is 5.69 Å². The van der Waals surface area contributed by atoms with Crippen LogP contribution in [0.1, 0.15) is 27.0 Å². The first-order chi connectivity index (χ1) is 14.0. The highest BCUT2D eigenvalue weighted by Gasteiger charge is 2.08. The summed E-state index contributed by atoms with van der Waals surface area (Å²) in [6.45, 7) is 2.26. The van der Waals surface area contributed by atoms with Crippen molar-refractivity contribution >= 4 is 33.8 Å². The summed E-state index contributed by atoms with van der Waals surface area (Å²) in [7, 11) is 1.57. The van der Waals surface area contributed by atoms with Gasteiger partial charge in [-0.2, -0.15) is 0 Å². The number of benzene rings is 3. The highest BCUT2D eigenvalue weighted by molar-refractivity contribution is 9.10. The van der Waals surface area contributed by atoms with Crippen LogP contribution in [0.3, 0.4) is 0 Å². The highest BCUT2D eigenvalue weighted by atomic mass is 79.9. The zero-order valence-electron chi connectivity index (χ0n) is 16.1. The summed E-state index contributed by atoms with van der Waals surface area (Å²) < 4.78 is 12.2. The first-order valence-corrected chi connectivity index (χ1v) is 9.69. The number of carbonyl (C=O) groups is 1. The maximum absolute atomic E-state index is 11.1. The van der Waals surface area contributed by atoms with Crippen LogP contribution in [0, 0.1) is 6.92 Å². The fraction of sp³-hybridized carbons (Fsp3) is 0.130.